The number of rotatable bonds is 13. The number of hydrogen-bond acceptors (Lipinski definition) is 7. The standard InChI is InChI=1S/C31H45N3O5/c1-5-23(31(35)32-2)18-25-19-27(24-8-10-26(37-4)11-9-24)30(20-33-25)39-21-22-7-12-29-28(17-22)34(14-16-38-29)13-6-15-36-3/h7-12,17,23,25,27,30,33H,5-6,13-16,18-21H2,1-4H3,(H,32,35)/t23-,25?,27-,30+/m1/s1. The normalized spacial score (nSPS) is 21.5. The minimum absolute atomic E-state index is 0.00559. The Hall–Kier alpha value is -2.81. The second kappa shape index (κ2) is 14.5. The third-order valence-corrected chi connectivity index (χ3v) is 8.04. The van der Waals surface area contributed by atoms with Gasteiger partial charge in [0.05, 0.1) is 32.1 Å². The molecule has 2 aromatic rings. The number of amides is 1. The Morgan fingerprint density at radius 2 is 2.03 bits per heavy atom. The number of nitrogens with zero attached hydrogens (tertiary/aromatic N) is 1. The Kier molecular flexibility index (Phi) is 10.9. The molecule has 0 aromatic heterocycles. The van der Waals surface area contributed by atoms with Gasteiger partial charge in [-0.25, -0.2) is 0 Å². The largest absolute Gasteiger partial charge is 0.497 e. The van der Waals surface area contributed by atoms with E-state index in [1.54, 1.807) is 21.3 Å². The summed E-state index contributed by atoms with van der Waals surface area (Å²) in [6, 6.07) is 15.0. The van der Waals surface area contributed by atoms with Crippen molar-refractivity contribution >= 4 is 11.6 Å². The summed E-state index contributed by atoms with van der Waals surface area (Å²) < 4.78 is 23.2. The van der Waals surface area contributed by atoms with E-state index >= 15 is 0 Å². The molecule has 2 N–H and O–H groups in total. The molecule has 4 atom stereocenters. The average molecular weight is 540 g/mol. The molecule has 8 nitrogen and oxygen atoms in total. The predicted molar refractivity (Wildman–Crippen MR) is 154 cm³/mol. The average Bonchev–Trinajstić information content (AvgIpc) is 2.99. The molecule has 1 unspecified atom stereocenters. The van der Waals surface area contributed by atoms with Gasteiger partial charge in [0.1, 0.15) is 18.1 Å². The molecule has 0 spiro atoms. The third kappa shape index (κ3) is 7.65. The molecule has 8 heteroatoms. The summed E-state index contributed by atoms with van der Waals surface area (Å²) in [5, 5.41) is 6.51. The highest BCUT2D eigenvalue weighted by Crippen LogP contribution is 2.36. The SMILES string of the molecule is CC[C@H](CC1C[C@H](c2ccc(OC)cc2)[C@@H](OCc2ccc3c(c2)N(CCCOC)CCO3)CN1)C(=O)NC. The Morgan fingerprint density at radius 1 is 1.21 bits per heavy atom. The van der Waals surface area contributed by atoms with Gasteiger partial charge >= 0.3 is 0 Å². The first-order valence-corrected chi connectivity index (χ1v) is 14.3. The van der Waals surface area contributed by atoms with Crippen LogP contribution in [0.5, 0.6) is 11.5 Å². The van der Waals surface area contributed by atoms with Gasteiger partial charge < -0.3 is 34.5 Å². The van der Waals surface area contributed by atoms with Crippen molar-refractivity contribution in [2.75, 3.05) is 59.0 Å². The Morgan fingerprint density at radius 3 is 2.74 bits per heavy atom. The molecule has 0 bridgehead atoms. The van der Waals surface area contributed by atoms with Gasteiger partial charge in [-0.3, -0.25) is 4.79 Å². The maximum atomic E-state index is 12.4. The summed E-state index contributed by atoms with van der Waals surface area (Å²) in [4.78, 5) is 14.7. The van der Waals surface area contributed by atoms with Crippen molar-refractivity contribution in [1.29, 1.82) is 0 Å². The van der Waals surface area contributed by atoms with Gasteiger partial charge in [-0.05, 0) is 61.1 Å². The van der Waals surface area contributed by atoms with Crippen molar-refractivity contribution in [3.63, 3.8) is 0 Å². The summed E-state index contributed by atoms with van der Waals surface area (Å²) in [6.45, 7) is 6.62. The highest BCUT2D eigenvalue weighted by atomic mass is 16.5. The molecule has 1 saturated heterocycles. The van der Waals surface area contributed by atoms with Gasteiger partial charge in [0, 0.05) is 51.7 Å². The van der Waals surface area contributed by atoms with Crippen LogP contribution in [0.4, 0.5) is 5.69 Å². The first-order chi connectivity index (χ1) is 19.1. The number of fused-ring (bicyclic) bond motifs is 1. The number of carbonyl (C=O) groups excluding carboxylic acids is 1. The maximum Gasteiger partial charge on any atom is 0.222 e. The molecule has 0 radical (unpaired) electrons. The molecule has 1 amide bonds. The van der Waals surface area contributed by atoms with Crippen LogP contribution in [0.25, 0.3) is 0 Å². The summed E-state index contributed by atoms with van der Waals surface area (Å²) in [7, 11) is 5.15. The lowest BCUT2D eigenvalue weighted by Crippen LogP contribution is -2.48. The van der Waals surface area contributed by atoms with Gasteiger partial charge in [-0.2, -0.15) is 0 Å². The van der Waals surface area contributed by atoms with Crippen LogP contribution in [0.2, 0.25) is 0 Å². The van der Waals surface area contributed by atoms with E-state index in [-0.39, 0.29) is 29.9 Å². The fourth-order valence-electron chi connectivity index (χ4n) is 5.77. The van der Waals surface area contributed by atoms with Gasteiger partial charge in [0.2, 0.25) is 5.91 Å². The number of nitrogens with one attached hydrogen (secondary N) is 2. The lowest BCUT2D eigenvalue weighted by Gasteiger charge is -2.38. The molecule has 39 heavy (non-hydrogen) atoms. The molecule has 2 aliphatic heterocycles. The van der Waals surface area contributed by atoms with Crippen molar-refractivity contribution < 1.29 is 23.7 Å². The van der Waals surface area contributed by atoms with Gasteiger partial charge in [0.25, 0.3) is 0 Å². The predicted octanol–water partition coefficient (Wildman–Crippen LogP) is 4.12. The van der Waals surface area contributed by atoms with Crippen LogP contribution in [-0.4, -0.2) is 72.2 Å². The molecule has 1 fully saturated rings. The van der Waals surface area contributed by atoms with Crippen molar-refractivity contribution in [3.8, 4) is 11.5 Å². The molecule has 4 rings (SSSR count). The van der Waals surface area contributed by atoms with E-state index in [0.717, 1.165) is 74.7 Å². The number of ether oxygens (including phenoxy) is 4. The number of carbonyl (C=O) groups is 1. The molecular formula is C31H45N3O5. The van der Waals surface area contributed by atoms with Crippen molar-refractivity contribution in [1.82, 2.24) is 10.6 Å². The fourth-order valence-corrected chi connectivity index (χ4v) is 5.77. The first kappa shape index (κ1) is 29.2. The van der Waals surface area contributed by atoms with Crippen LogP contribution >= 0.6 is 0 Å². The van der Waals surface area contributed by atoms with Crippen LogP contribution in [0, 0.1) is 5.92 Å². The topological polar surface area (TPSA) is 81.3 Å². The van der Waals surface area contributed by atoms with Gasteiger partial charge in [-0.1, -0.05) is 25.1 Å². The van der Waals surface area contributed by atoms with Crippen LogP contribution in [-0.2, 0) is 20.9 Å². The number of piperidine rings is 1. The second-order valence-electron chi connectivity index (χ2n) is 10.5. The highest BCUT2D eigenvalue weighted by molar-refractivity contribution is 5.78. The van der Waals surface area contributed by atoms with E-state index in [2.05, 4.69) is 52.8 Å². The zero-order valence-corrected chi connectivity index (χ0v) is 23.9. The molecule has 0 aliphatic carbocycles. The summed E-state index contributed by atoms with van der Waals surface area (Å²) >= 11 is 0. The minimum atomic E-state index is 0.00559. The van der Waals surface area contributed by atoms with E-state index in [1.165, 1.54) is 5.56 Å². The van der Waals surface area contributed by atoms with E-state index in [1.807, 2.05) is 12.1 Å². The van der Waals surface area contributed by atoms with Crippen molar-refractivity contribution in [2.24, 2.45) is 5.92 Å². The summed E-state index contributed by atoms with van der Waals surface area (Å²) in [5.74, 6) is 2.12. The van der Waals surface area contributed by atoms with Crippen LogP contribution in [0.1, 0.15) is 49.7 Å². The minimum Gasteiger partial charge on any atom is -0.497 e. The van der Waals surface area contributed by atoms with Crippen LogP contribution in [0.15, 0.2) is 42.5 Å². The maximum absolute atomic E-state index is 12.4. The van der Waals surface area contributed by atoms with Crippen LogP contribution in [0.3, 0.4) is 0 Å². The molecule has 2 heterocycles. The quantitative estimate of drug-likeness (QED) is 0.371. The zero-order chi connectivity index (χ0) is 27.6. The lowest BCUT2D eigenvalue weighted by atomic mass is 9.81. The molecule has 0 saturated carbocycles. The number of benzene rings is 2. The van der Waals surface area contributed by atoms with Gasteiger partial charge in [-0.15, -0.1) is 0 Å². The Balaban J connectivity index is 1.46. The lowest BCUT2D eigenvalue weighted by molar-refractivity contribution is -0.125. The monoisotopic (exact) mass is 539 g/mol. The molecular weight excluding hydrogens is 494 g/mol. The number of anilines is 1. The highest BCUT2D eigenvalue weighted by Gasteiger charge is 2.34. The van der Waals surface area contributed by atoms with Crippen molar-refractivity contribution in [2.45, 2.75) is 57.3 Å². The zero-order valence-electron chi connectivity index (χ0n) is 23.9. The van der Waals surface area contributed by atoms with E-state index in [4.69, 9.17) is 18.9 Å². The summed E-state index contributed by atoms with van der Waals surface area (Å²) in [5.41, 5.74) is 3.51. The van der Waals surface area contributed by atoms with E-state index < -0.39 is 0 Å². The van der Waals surface area contributed by atoms with Crippen LogP contribution < -0.4 is 25.0 Å². The molecule has 2 aliphatic rings. The van der Waals surface area contributed by atoms with E-state index in [0.29, 0.717) is 13.2 Å². The van der Waals surface area contributed by atoms with E-state index in [9.17, 15) is 4.79 Å². The second-order valence-corrected chi connectivity index (χ2v) is 10.5. The smallest absolute Gasteiger partial charge is 0.222 e. The molecule has 214 valence electrons. The first-order valence-electron chi connectivity index (χ1n) is 14.3. The molecule has 2 aromatic carbocycles. The van der Waals surface area contributed by atoms with Gasteiger partial charge in [0.15, 0.2) is 0 Å². The Labute approximate surface area is 233 Å². The number of methoxy groups -OCH3 is 2. The van der Waals surface area contributed by atoms with Crippen molar-refractivity contribution in [3.05, 3.63) is 53.6 Å². The number of hydrogen-bond donors (Lipinski definition) is 2. The fraction of sp³-hybridized carbons (Fsp3) is 0.581. The summed E-state index contributed by atoms with van der Waals surface area (Å²) in [6.07, 6.45) is 3.55. The third-order valence-electron chi connectivity index (χ3n) is 8.04. The Bertz CT molecular complexity index is 1050.